The molecule has 0 aliphatic rings. The lowest BCUT2D eigenvalue weighted by Crippen LogP contribution is -2.23. The summed E-state index contributed by atoms with van der Waals surface area (Å²) in [6.45, 7) is -0.100. The molecule has 0 atom stereocenters. The van der Waals surface area contributed by atoms with Gasteiger partial charge in [0, 0.05) is 24.4 Å². The highest BCUT2D eigenvalue weighted by atomic mass is 32.2. The van der Waals surface area contributed by atoms with E-state index in [9.17, 15) is 23.3 Å². The highest BCUT2D eigenvalue weighted by molar-refractivity contribution is 7.89. The van der Waals surface area contributed by atoms with Gasteiger partial charge in [-0.15, -0.1) is 0 Å². The number of hydrogen-bond donors (Lipinski definition) is 3. The Kier molecular flexibility index (Phi) is 4.40. The fourth-order valence-corrected chi connectivity index (χ4v) is 1.69. The van der Waals surface area contributed by atoms with Crippen molar-refractivity contribution in [2.75, 3.05) is 17.6 Å². The number of nitrogens with zero attached hydrogens (tertiary/aromatic N) is 1. The lowest BCUT2D eigenvalue weighted by molar-refractivity contribution is -0.384. The first-order valence-electron chi connectivity index (χ1n) is 4.97. The molecule has 0 bridgehead atoms. The maximum absolute atomic E-state index is 11.0. The van der Waals surface area contributed by atoms with Crippen LogP contribution < -0.4 is 10.5 Å². The van der Waals surface area contributed by atoms with Crippen molar-refractivity contribution in [3.8, 4) is 0 Å². The van der Waals surface area contributed by atoms with E-state index in [0.717, 1.165) is 12.1 Å². The number of carboxylic acids is 1. The van der Waals surface area contributed by atoms with Crippen LogP contribution in [0.3, 0.4) is 0 Å². The second-order valence-electron chi connectivity index (χ2n) is 3.59. The summed E-state index contributed by atoms with van der Waals surface area (Å²) in [6.07, 6.45) is 0. The number of carboxylic acid groups (broad SMARTS) is 1. The lowest BCUT2D eigenvalue weighted by Gasteiger charge is -2.08. The first-order chi connectivity index (χ1) is 8.70. The molecule has 10 heteroatoms. The second-order valence-corrected chi connectivity index (χ2v) is 5.32. The van der Waals surface area contributed by atoms with Gasteiger partial charge in [-0.3, -0.25) is 10.1 Å². The lowest BCUT2D eigenvalue weighted by atomic mass is 10.1. The molecule has 0 fully saturated rings. The zero-order valence-electron chi connectivity index (χ0n) is 9.57. The van der Waals surface area contributed by atoms with Gasteiger partial charge in [0.05, 0.1) is 16.2 Å². The highest BCUT2D eigenvalue weighted by Gasteiger charge is 2.16. The monoisotopic (exact) mass is 289 g/mol. The maximum atomic E-state index is 11.0. The van der Waals surface area contributed by atoms with Crippen LogP contribution in [-0.4, -0.2) is 36.7 Å². The SMILES string of the molecule is NS(=O)(=O)CCNc1ccc([N+](=O)[O-])cc1C(=O)O. The Balaban J connectivity index is 2.94. The van der Waals surface area contributed by atoms with E-state index in [2.05, 4.69) is 5.32 Å². The van der Waals surface area contributed by atoms with E-state index in [1.807, 2.05) is 0 Å². The van der Waals surface area contributed by atoms with Crippen LogP contribution in [0.2, 0.25) is 0 Å². The molecule has 0 unspecified atom stereocenters. The van der Waals surface area contributed by atoms with Crippen LogP contribution in [0.15, 0.2) is 18.2 Å². The van der Waals surface area contributed by atoms with E-state index in [1.165, 1.54) is 6.07 Å². The van der Waals surface area contributed by atoms with E-state index in [-0.39, 0.29) is 29.2 Å². The van der Waals surface area contributed by atoms with Crippen molar-refractivity contribution in [2.24, 2.45) is 5.14 Å². The zero-order chi connectivity index (χ0) is 14.6. The summed E-state index contributed by atoms with van der Waals surface area (Å²) in [6, 6.07) is 3.21. The molecule has 9 nitrogen and oxygen atoms in total. The van der Waals surface area contributed by atoms with Crippen LogP contribution in [0.25, 0.3) is 0 Å². The number of rotatable bonds is 6. The average molecular weight is 289 g/mol. The molecule has 0 saturated carbocycles. The molecule has 1 aromatic rings. The summed E-state index contributed by atoms with van der Waals surface area (Å²) in [7, 11) is -3.67. The summed E-state index contributed by atoms with van der Waals surface area (Å²) < 4.78 is 21.4. The van der Waals surface area contributed by atoms with E-state index in [4.69, 9.17) is 10.2 Å². The molecule has 0 aromatic heterocycles. The molecule has 0 heterocycles. The number of non-ortho nitro benzene ring substituents is 1. The van der Waals surface area contributed by atoms with Crippen molar-refractivity contribution in [3.63, 3.8) is 0 Å². The smallest absolute Gasteiger partial charge is 0.338 e. The van der Waals surface area contributed by atoms with E-state index >= 15 is 0 Å². The maximum Gasteiger partial charge on any atom is 0.338 e. The Morgan fingerprint density at radius 3 is 2.58 bits per heavy atom. The molecule has 0 radical (unpaired) electrons. The van der Waals surface area contributed by atoms with E-state index in [1.54, 1.807) is 0 Å². The van der Waals surface area contributed by atoms with E-state index < -0.39 is 20.9 Å². The number of nitro benzene ring substituents is 1. The van der Waals surface area contributed by atoms with Crippen molar-refractivity contribution in [2.45, 2.75) is 0 Å². The summed E-state index contributed by atoms with van der Waals surface area (Å²) in [5.74, 6) is -1.75. The largest absolute Gasteiger partial charge is 0.478 e. The number of primary sulfonamides is 1. The fourth-order valence-electron chi connectivity index (χ4n) is 1.30. The van der Waals surface area contributed by atoms with Crippen LogP contribution in [0.4, 0.5) is 11.4 Å². The van der Waals surface area contributed by atoms with Gasteiger partial charge in [0.2, 0.25) is 10.0 Å². The Bertz CT molecular complexity index is 612. The Hall–Kier alpha value is -2.20. The van der Waals surface area contributed by atoms with Gasteiger partial charge >= 0.3 is 5.97 Å². The van der Waals surface area contributed by atoms with Gasteiger partial charge in [0.1, 0.15) is 0 Å². The van der Waals surface area contributed by atoms with Gasteiger partial charge < -0.3 is 10.4 Å². The third kappa shape index (κ3) is 4.52. The van der Waals surface area contributed by atoms with Crippen LogP contribution in [0.5, 0.6) is 0 Å². The number of hydrogen-bond acceptors (Lipinski definition) is 6. The molecular formula is C9H11N3O6S. The standard InChI is InChI=1S/C9H11N3O6S/c10-19(17,18)4-3-11-8-2-1-6(12(15)16)5-7(8)9(13)14/h1-2,5,11H,3-4H2,(H,13,14)(H2,10,17,18). The molecule has 104 valence electrons. The Labute approximate surface area is 108 Å². The van der Waals surface area contributed by atoms with Gasteiger partial charge in [-0.25, -0.2) is 18.4 Å². The van der Waals surface area contributed by atoms with Gasteiger partial charge in [-0.2, -0.15) is 0 Å². The predicted octanol–water partition coefficient (Wildman–Crippen LogP) is -0.00660. The molecule has 4 N–H and O–H groups in total. The number of nitrogens with two attached hydrogens (primary N) is 1. The van der Waals surface area contributed by atoms with Crippen molar-refractivity contribution in [1.29, 1.82) is 0 Å². The molecule has 1 aromatic carbocycles. The van der Waals surface area contributed by atoms with Crippen LogP contribution in [0, 0.1) is 10.1 Å². The molecule has 0 aliphatic heterocycles. The molecular weight excluding hydrogens is 278 g/mol. The van der Waals surface area contributed by atoms with Crippen molar-refractivity contribution < 1.29 is 23.2 Å². The van der Waals surface area contributed by atoms with Gasteiger partial charge in [0.15, 0.2) is 0 Å². The average Bonchev–Trinajstić information content (AvgIpc) is 2.27. The van der Waals surface area contributed by atoms with Crippen molar-refractivity contribution >= 4 is 27.4 Å². The van der Waals surface area contributed by atoms with Gasteiger partial charge in [-0.1, -0.05) is 0 Å². The number of sulfonamides is 1. The number of anilines is 1. The Morgan fingerprint density at radius 2 is 2.11 bits per heavy atom. The molecule has 0 saturated heterocycles. The second kappa shape index (κ2) is 5.63. The van der Waals surface area contributed by atoms with Crippen molar-refractivity contribution in [1.82, 2.24) is 0 Å². The Morgan fingerprint density at radius 1 is 1.47 bits per heavy atom. The minimum Gasteiger partial charge on any atom is -0.478 e. The number of carbonyl (C=O) groups is 1. The molecule has 19 heavy (non-hydrogen) atoms. The quantitative estimate of drug-likeness (QED) is 0.491. The molecule has 0 spiro atoms. The van der Waals surface area contributed by atoms with Crippen LogP contribution in [-0.2, 0) is 10.0 Å². The number of benzene rings is 1. The summed E-state index contributed by atoms with van der Waals surface area (Å²) in [5, 5.41) is 26.8. The third-order valence-corrected chi connectivity index (χ3v) is 2.92. The minimum atomic E-state index is -3.67. The molecule has 1 rings (SSSR count). The highest BCUT2D eigenvalue weighted by Crippen LogP contribution is 2.22. The predicted molar refractivity (Wildman–Crippen MR) is 66.5 cm³/mol. The van der Waals surface area contributed by atoms with Crippen LogP contribution >= 0.6 is 0 Å². The van der Waals surface area contributed by atoms with Crippen molar-refractivity contribution in [3.05, 3.63) is 33.9 Å². The molecule has 0 aliphatic carbocycles. The number of nitro groups is 1. The third-order valence-electron chi connectivity index (χ3n) is 2.15. The normalized spacial score (nSPS) is 11.0. The van der Waals surface area contributed by atoms with E-state index in [0.29, 0.717) is 0 Å². The summed E-state index contributed by atoms with van der Waals surface area (Å²) in [4.78, 5) is 20.8. The topological polar surface area (TPSA) is 153 Å². The molecule has 0 amide bonds. The first kappa shape index (κ1) is 14.9. The fraction of sp³-hybridized carbons (Fsp3) is 0.222. The van der Waals surface area contributed by atoms with Gasteiger partial charge in [0.25, 0.3) is 5.69 Å². The summed E-state index contributed by atoms with van der Waals surface area (Å²) in [5.41, 5.74) is -0.597. The zero-order valence-corrected chi connectivity index (χ0v) is 10.4. The minimum absolute atomic E-state index is 0.0850. The van der Waals surface area contributed by atoms with Crippen LogP contribution in [0.1, 0.15) is 10.4 Å². The van der Waals surface area contributed by atoms with Gasteiger partial charge in [-0.05, 0) is 6.07 Å². The first-order valence-corrected chi connectivity index (χ1v) is 6.68. The number of nitrogens with one attached hydrogen (secondary N) is 1. The summed E-state index contributed by atoms with van der Waals surface area (Å²) >= 11 is 0. The number of aromatic carboxylic acids is 1.